The van der Waals surface area contributed by atoms with E-state index in [-0.39, 0.29) is 0 Å². The number of fused-ring (bicyclic) bond motifs is 1. The van der Waals surface area contributed by atoms with Crippen LogP contribution in [0.5, 0.6) is 11.5 Å². The van der Waals surface area contributed by atoms with Crippen LogP contribution in [0.2, 0.25) is 0 Å². The second kappa shape index (κ2) is 3.90. The van der Waals surface area contributed by atoms with Gasteiger partial charge in [0, 0.05) is 6.42 Å². The number of hydrogen-bond donors (Lipinski definition) is 2. The predicted molar refractivity (Wildman–Crippen MR) is 51.9 cm³/mol. The Bertz CT molecular complexity index is 327. The maximum absolute atomic E-state index is 8.95. The molecule has 1 aliphatic rings. The molecule has 1 aromatic rings. The van der Waals surface area contributed by atoms with E-state index in [2.05, 4.69) is 0 Å². The first kappa shape index (κ1) is 9.36. The van der Waals surface area contributed by atoms with E-state index < -0.39 is 7.12 Å². The van der Waals surface area contributed by atoms with Crippen LogP contribution in [0, 0.1) is 0 Å². The van der Waals surface area contributed by atoms with Crippen molar-refractivity contribution in [3.05, 3.63) is 18.2 Å². The van der Waals surface area contributed by atoms with E-state index in [9.17, 15) is 0 Å². The van der Waals surface area contributed by atoms with E-state index >= 15 is 0 Å². The van der Waals surface area contributed by atoms with E-state index in [4.69, 9.17) is 19.5 Å². The Morgan fingerprint density at radius 2 is 1.79 bits per heavy atom. The lowest BCUT2D eigenvalue weighted by Crippen LogP contribution is -2.29. The van der Waals surface area contributed by atoms with Gasteiger partial charge >= 0.3 is 7.12 Å². The van der Waals surface area contributed by atoms with Crippen LogP contribution in [0.1, 0.15) is 6.42 Å². The summed E-state index contributed by atoms with van der Waals surface area (Å²) in [5, 5.41) is 17.9. The molecule has 14 heavy (non-hydrogen) atoms. The van der Waals surface area contributed by atoms with E-state index in [1.54, 1.807) is 18.2 Å². The molecule has 74 valence electrons. The molecule has 0 saturated carbocycles. The van der Waals surface area contributed by atoms with Crippen LogP contribution in [-0.2, 0) is 0 Å². The maximum Gasteiger partial charge on any atom is 0.488 e. The summed E-state index contributed by atoms with van der Waals surface area (Å²) in [6.07, 6.45) is 0.839. The lowest BCUT2D eigenvalue weighted by molar-refractivity contribution is 0.297. The SMILES string of the molecule is OB(O)c1ccc2c(c1)OCCCO2. The van der Waals surface area contributed by atoms with Crippen molar-refractivity contribution in [2.45, 2.75) is 6.42 Å². The molecule has 2 N–H and O–H groups in total. The third-order valence-corrected chi connectivity index (χ3v) is 2.07. The van der Waals surface area contributed by atoms with Crippen molar-refractivity contribution >= 4 is 12.6 Å². The van der Waals surface area contributed by atoms with Gasteiger partial charge in [0.1, 0.15) is 0 Å². The van der Waals surface area contributed by atoms with Gasteiger partial charge in [0.2, 0.25) is 0 Å². The van der Waals surface area contributed by atoms with Gasteiger partial charge in [0.15, 0.2) is 11.5 Å². The van der Waals surface area contributed by atoms with Crippen LogP contribution in [0.3, 0.4) is 0 Å². The minimum atomic E-state index is -1.47. The van der Waals surface area contributed by atoms with Crippen LogP contribution < -0.4 is 14.9 Å². The molecule has 0 radical (unpaired) electrons. The Balaban J connectivity index is 2.32. The van der Waals surface area contributed by atoms with E-state index in [0.717, 1.165) is 6.42 Å². The molecule has 0 fully saturated rings. The fraction of sp³-hybridized carbons (Fsp3) is 0.333. The highest BCUT2D eigenvalue weighted by atomic mass is 16.5. The third-order valence-electron chi connectivity index (χ3n) is 2.07. The largest absolute Gasteiger partial charge is 0.490 e. The molecular weight excluding hydrogens is 183 g/mol. The average Bonchev–Trinajstić information content (AvgIpc) is 2.41. The van der Waals surface area contributed by atoms with Crippen LogP contribution in [-0.4, -0.2) is 30.4 Å². The molecule has 0 amide bonds. The first-order chi connectivity index (χ1) is 6.77. The van der Waals surface area contributed by atoms with E-state index in [1.807, 2.05) is 0 Å². The molecule has 5 heteroatoms. The molecular formula is C9H11BO4. The van der Waals surface area contributed by atoms with Crippen LogP contribution in [0.4, 0.5) is 0 Å². The monoisotopic (exact) mass is 194 g/mol. The molecule has 0 spiro atoms. The van der Waals surface area contributed by atoms with Gasteiger partial charge in [-0.25, -0.2) is 0 Å². The Morgan fingerprint density at radius 3 is 2.50 bits per heavy atom. The second-order valence-corrected chi connectivity index (χ2v) is 3.13. The highest BCUT2D eigenvalue weighted by molar-refractivity contribution is 6.58. The lowest BCUT2D eigenvalue weighted by atomic mass is 9.80. The van der Waals surface area contributed by atoms with Gasteiger partial charge in [-0.2, -0.15) is 0 Å². The number of hydrogen-bond acceptors (Lipinski definition) is 4. The maximum atomic E-state index is 8.95. The normalized spacial score (nSPS) is 14.7. The molecule has 0 saturated heterocycles. The summed E-state index contributed by atoms with van der Waals surface area (Å²) in [6.45, 7) is 1.23. The molecule has 2 rings (SSSR count). The zero-order valence-electron chi connectivity index (χ0n) is 7.64. The zero-order valence-corrected chi connectivity index (χ0v) is 7.64. The van der Waals surface area contributed by atoms with Gasteiger partial charge in [-0.15, -0.1) is 0 Å². The molecule has 0 bridgehead atoms. The molecule has 1 aliphatic heterocycles. The minimum Gasteiger partial charge on any atom is -0.490 e. The van der Waals surface area contributed by atoms with Crippen LogP contribution in [0.15, 0.2) is 18.2 Å². The van der Waals surface area contributed by atoms with E-state index in [0.29, 0.717) is 30.2 Å². The Kier molecular flexibility index (Phi) is 2.61. The van der Waals surface area contributed by atoms with Crippen molar-refractivity contribution in [1.82, 2.24) is 0 Å². The molecule has 4 nitrogen and oxygen atoms in total. The fourth-order valence-corrected chi connectivity index (χ4v) is 1.34. The minimum absolute atomic E-state index is 0.411. The topological polar surface area (TPSA) is 58.9 Å². The molecule has 1 aromatic carbocycles. The van der Waals surface area contributed by atoms with Crippen molar-refractivity contribution < 1.29 is 19.5 Å². The van der Waals surface area contributed by atoms with Gasteiger partial charge in [-0.3, -0.25) is 0 Å². The molecule has 1 heterocycles. The van der Waals surface area contributed by atoms with Gasteiger partial charge in [-0.1, -0.05) is 6.07 Å². The number of benzene rings is 1. The van der Waals surface area contributed by atoms with Crippen molar-refractivity contribution in [2.75, 3.05) is 13.2 Å². The Morgan fingerprint density at radius 1 is 1.07 bits per heavy atom. The summed E-state index contributed by atoms with van der Waals surface area (Å²) < 4.78 is 10.8. The molecule has 0 aromatic heterocycles. The smallest absolute Gasteiger partial charge is 0.488 e. The van der Waals surface area contributed by atoms with Gasteiger partial charge in [-0.05, 0) is 17.6 Å². The summed E-state index contributed by atoms with van der Waals surface area (Å²) in [5.74, 6) is 1.24. The van der Waals surface area contributed by atoms with Gasteiger partial charge in [0.05, 0.1) is 13.2 Å². The fourth-order valence-electron chi connectivity index (χ4n) is 1.34. The Hall–Kier alpha value is -1.20. The van der Waals surface area contributed by atoms with Crippen molar-refractivity contribution in [2.24, 2.45) is 0 Å². The quantitative estimate of drug-likeness (QED) is 0.593. The van der Waals surface area contributed by atoms with Crippen LogP contribution in [0.25, 0.3) is 0 Å². The Labute approximate surface area is 82.2 Å². The highest BCUT2D eigenvalue weighted by Crippen LogP contribution is 2.27. The van der Waals surface area contributed by atoms with Crippen molar-refractivity contribution in [1.29, 1.82) is 0 Å². The predicted octanol–water partition coefficient (Wildman–Crippen LogP) is -0.472. The summed E-state index contributed by atoms with van der Waals surface area (Å²) >= 11 is 0. The summed E-state index contributed by atoms with van der Waals surface area (Å²) in [4.78, 5) is 0. The van der Waals surface area contributed by atoms with Gasteiger partial charge < -0.3 is 19.5 Å². The standard InChI is InChI=1S/C9H11BO4/c11-10(12)7-2-3-8-9(6-7)14-5-1-4-13-8/h2-3,6,11-12H,1,4-5H2. The number of rotatable bonds is 1. The first-order valence-corrected chi connectivity index (χ1v) is 4.53. The summed E-state index contributed by atoms with van der Waals surface area (Å²) in [7, 11) is -1.47. The molecule has 0 unspecified atom stereocenters. The van der Waals surface area contributed by atoms with Crippen molar-refractivity contribution in [3.8, 4) is 11.5 Å². The molecule has 0 atom stereocenters. The van der Waals surface area contributed by atoms with Crippen LogP contribution >= 0.6 is 0 Å². The average molecular weight is 194 g/mol. The summed E-state index contributed by atoms with van der Waals surface area (Å²) in [5.41, 5.74) is 0.411. The van der Waals surface area contributed by atoms with E-state index in [1.165, 1.54) is 0 Å². The third kappa shape index (κ3) is 1.83. The highest BCUT2D eigenvalue weighted by Gasteiger charge is 2.16. The summed E-state index contributed by atoms with van der Waals surface area (Å²) in [6, 6.07) is 4.89. The van der Waals surface area contributed by atoms with Crippen molar-refractivity contribution in [3.63, 3.8) is 0 Å². The first-order valence-electron chi connectivity index (χ1n) is 4.53. The second-order valence-electron chi connectivity index (χ2n) is 3.13. The van der Waals surface area contributed by atoms with Gasteiger partial charge in [0.25, 0.3) is 0 Å². The lowest BCUT2D eigenvalue weighted by Gasteiger charge is -2.08. The molecule has 0 aliphatic carbocycles. The number of ether oxygens (including phenoxy) is 2. The zero-order chi connectivity index (χ0) is 9.97.